The standard InChI is InChI=1S/C12H20O2/c13-11-9-7-5-3-1-2-4-6-8-10-12(11)14/h3-6,11-14H,1-2,7-10H2/b5-3+,6-4?. The summed E-state index contributed by atoms with van der Waals surface area (Å²) >= 11 is 0. The first kappa shape index (κ1) is 11.5. The second-order valence-electron chi connectivity index (χ2n) is 3.81. The number of aliphatic hydroxyl groups excluding tert-OH is 2. The second kappa shape index (κ2) is 6.80. The minimum Gasteiger partial charge on any atom is -0.390 e. The maximum Gasteiger partial charge on any atom is 0.0802 e. The van der Waals surface area contributed by atoms with Gasteiger partial charge in [-0.2, -0.15) is 0 Å². The molecule has 0 saturated carbocycles. The SMILES string of the molecule is OC1CCC=CCC/C=C/CCC1O. The molecule has 14 heavy (non-hydrogen) atoms. The predicted molar refractivity (Wildman–Crippen MR) is 58.0 cm³/mol. The zero-order valence-corrected chi connectivity index (χ0v) is 8.60. The summed E-state index contributed by atoms with van der Waals surface area (Å²) in [6, 6.07) is 0. The van der Waals surface area contributed by atoms with Crippen LogP contribution in [0, 0.1) is 0 Å². The highest BCUT2D eigenvalue weighted by Gasteiger charge is 2.14. The van der Waals surface area contributed by atoms with E-state index in [1.54, 1.807) is 0 Å². The van der Waals surface area contributed by atoms with Crippen LogP contribution in [0.1, 0.15) is 38.5 Å². The molecule has 0 amide bonds. The van der Waals surface area contributed by atoms with Gasteiger partial charge in [0.25, 0.3) is 0 Å². The van der Waals surface area contributed by atoms with Gasteiger partial charge in [0, 0.05) is 0 Å². The first-order chi connectivity index (χ1) is 6.80. The van der Waals surface area contributed by atoms with Crippen LogP contribution >= 0.6 is 0 Å². The molecule has 0 heterocycles. The summed E-state index contributed by atoms with van der Waals surface area (Å²) in [6.45, 7) is 0. The molecule has 0 bridgehead atoms. The van der Waals surface area contributed by atoms with E-state index in [1.165, 1.54) is 0 Å². The van der Waals surface area contributed by atoms with E-state index in [-0.39, 0.29) is 0 Å². The summed E-state index contributed by atoms with van der Waals surface area (Å²) in [5.41, 5.74) is 0. The van der Waals surface area contributed by atoms with Crippen LogP contribution in [-0.2, 0) is 0 Å². The maximum atomic E-state index is 9.55. The summed E-state index contributed by atoms with van der Waals surface area (Å²) in [6.07, 6.45) is 12.6. The first-order valence-corrected chi connectivity index (χ1v) is 5.47. The number of allylic oxidation sites excluding steroid dienone is 4. The van der Waals surface area contributed by atoms with Crippen LogP contribution in [-0.4, -0.2) is 22.4 Å². The Hall–Kier alpha value is -0.600. The van der Waals surface area contributed by atoms with Crippen LogP contribution in [0.25, 0.3) is 0 Å². The summed E-state index contributed by atoms with van der Waals surface area (Å²) in [4.78, 5) is 0. The van der Waals surface area contributed by atoms with Crippen LogP contribution in [0.2, 0.25) is 0 Å². The van der Waals surface area contributed by atoms with Crippen LogP contribution in [0.3, 0.4) is 0 Å². The highest BCUT2D eigenvalue weighted by atomic mass is 16.3. The summed E-state index contributed by atoms with van der Waals surface area (Å²) < 4.78 is 0. The monoisotopic (exact) mass is 196 g/mol. The average Bonchev–Trinajstić information content (AvgIpc) is 2.18. The number of hydrogen-bond acceptors (Lipinski definition) is 2. The van der Waals surface area contributed by atoms with Crippen molar-refractivity contribution in [2.75, 3.05) is 0 Å². The van der Waals surface area contributed by atoms with Crippen LogP contribution in [0.4, 0.5) is 0 Å². The van der Waals surface area contributed by atoms with Crippen molar-refractivity contribution in [2.45, 2.75) is 50.7 Å². The lowest BCUT2D eigenvalue weighted by Crippen LogP contribution is -2.25. The fourth-order valence-corrected chi connectivity index (χ4v) is 1.58. The van der Waals surface area contributed by atoms with Gasteiger partial charge in [0.15, 0.2) is 0 Å². The highest BCUT2D eigenvalue weighted by Crippen LogP contribution is 2.10. The minimum absolute atomic E-state index is 0.563. The van der Waals surface area contributed by atoms with E-state index in [9.17, 15) is 10.2 Å². The molecule has 0 aromatic carbocycles. The molecule has 1 aliphatic carbocycles. The van der Waals surface area contributed by atoms with E-state index < -0.39 is 12.2 Å². The quantitative estimate of drug-likeness (QED) is 0.583. The number of hydrogen-bond donors (Lipinski definition) is 2. The maximum absolute atomic E-state index is 9.55. The lowest BCUT2D eigenvalue weighted by Gasteiger charge is -2.16. The van der Waals surface area contributed by atoms with Crippen LogP contribution in [0.15, 0.2) is 24.3 Å². The third-order valence-corrected chi connectivity index (χ3v) is 2.54. The molecule has 2 heteroatoms. The Morgan fingerprint density at radius 1 is 0.643 bits per heavy atom. The van der Waals surface area contributed by atoms with E-state index in [4.69, 9.17) is 0 Å². The molecule has 0 fully saturated rings. The van der Waals surface area contributed by atoms with E-state index in [1.807, 2.05) is 0 Å². The molecule has 2 atom stereocenters. The lowest BCUT2D eigenvalue weighted by atomic mass is 10.0. The fraction of sp³-hybridized carbons (Fsp3) is 0.667. The van der Waals surface area contributed by atoms with Crippen molar-refractivity contribution in [3.8, 4) is 0 Å². The number of aliphatic hydroxyl groups is 2. The Morgan fingerprint density at radius 3 is 1.43 bits per heavy atom. The Bertz CT molecular complexity index is 174. The summed E-state index contributed by atoms with van der Waals surface area (Å²) in [5, 5.41) is 19.1. The molecule has 2 N–H and O–H groups in total. The molecule has 1 rings (SSSR count). The Balaban J connectivity index is 2.41. The van der Waals surface area contributed by atoms with E-state index >= 15 is 0 Å². The molecule has 0 spiro atoms. The highest BCUT2D eigenvalue weighted by molar-refractivity contribution is 4.90. The molecule has 0 radical (unpaired) electrons. The van der Waals surface area contributed by atoms with Gasteiger partial charge in [-0.15, -0.1) is 0 Å². The van der Waals surface area contributed by atoms with E-state index in [0.29, 0.717) is 12.8 Å². The van der Waals surface area contributed by atoms with Crippen molar-refractivity contribution in [3.05, 3.63) is 24.3 Å². The average molecular weight is 196 g/mol. The summed E-state index contributed by atoms with van der Waals surface area (Å²) in [5.74, 6) is 0. The molecule has 1 aliphatic rings. The zero-order valence-electron chi connectivity index (χ0n) is 8.60. The van der Waals surface area contributed by atoms with Gasteiger partial charge in [-0.1, -0.05) is 24.3 Å². The Kier molecular flexibility index (Phi) is 5.57. The molecular formula is C12H20O2. The third kappa shape index (κ3) is 4.58. The largest absolute Gasteiger partial charge is 0.390 e. The lowest BCUT2D eigenvalue weighted by molar-refractivity contribution is 0.0111. The van der Waals surface area contributed by atoms with E-state index in [0.717, 1.165) is 25.7 Å². The fourth-order valence-electron chi connectivity index (χ4n) is 1.58. The molecule has 2 unspecified atom stereocenters. The molecule has 80 valence electrons. The second-order valence-corrected chi connectivity index (χ2v) is 3.81. The van der Waals surface area contributed by atoms with Crippen molar-refractivity contribution >= 4 is 0 Å². The molecular weight excluding hydrogens is 176 g/mol. The van der Waals surface area contributed by atoms with Gasteiger partial charge in [-0.05, 0) is 38.5 Å². The normalized spacial score (nSPS) is 33.0. The summed E-state index contributed by atoms with van der Waals surface area (Å²) in [7, 11) is 0. The molecule has 0 aromatic rings. The Morgan fingerprint density at radius 2 is 1.00 bits per heavy atom. The van der Waals surface area contributed by atoms with Crippen molar-refractivity contribution in [3.63, 3.8) is 0 Å². The van der Waals surface area contributed by atoms with Gasteiger partial charge >= 0.3 is 0 Å². The predicted octanol–water partition coefficient (Wildman–Crippen LogP) is 2.17. The molecule has 0 saturated heterocycles. The van der Waals surface area contributed by atoms with Gasteiger partial charge in [0.2, 0.25) is 0 Å². The van der Waals surface area contributed by atoms with Gasteiger partial charge in [0.05, 0.1) is 12.2 Å². The topological polar surface area (TPSA) is 40.5 Å². The zero-order chi connectivity index (χ0) is 10.2. The van der Waals surface area contributed by atoms with Crippen molar-refractivity contribution in [1.29, 1.82) is 0 Å². The molecule has 2 nitrogen and oxygen atoms in total. The van der Waals surface area contributed by atoms with Crippen molar-refractivity contribution in [2.24, 2.45) is 0 Å². The van der Waals surface area contributed by atoms with Gasteiger partial charge in [-0.3, -0.25) is 0 Å². The third-order valence-electron chi connectivity index (χ3n) is 2.54. The molecule has 0 aromatic heterocycles. The van der Waals surface area contributed by atoms with Gasteiger partial charge in [-0.25, -0.2) is 0 Å². The first-order valence-electron chi connectivity index (χ1n) is 5.47. The van der Waals surface area contributed by atoms with Crippen LogP contribution in [0.5, 0.6) is 0 Å². The number of rotatable bonds is 0. The smallest absolute Gasteiger partial charge is 0.0802 e. The Labute approximate surface area is 86.0 Å². The van der Waals surface area contributed by atoms with Gasteiger partial charge < -0.3 is 10.2 Å². The van der Waals surface area contributed by atoms with Gasteiger partial charge in [0.1, 0.15) is 0 Å². The van der Waals surface area contributed by atoms with Crippen LogP contribution < -0.4 is 0 Å². The van der Waals surface area contributed by atoms with Crippen molar-refractivity contribution < 1.29 is 10.2 Å². The minimum atomic E-state index is -0.563. The van der Waals surface area contributed by atoms with E-state index in [2.05, 4.69) is 24.3 Å². The molecule has 0 aliphatic heterocycles. The van der Waals surface area contributed by atoms with Crippen molar-refractivity contribution in [1.82, 2.24) is 0 Å².